The number of anilines is 1. The maximum absolute atomic E-state index is 11.7. The summed E-state index contributed by atoms with van der Waals surface area (Å²) in [5, 5.41) is 2.80. The third-order valence-corrected chi connectivity index (χ3v) is 2.68. The van der Waals surface area contributed by atoms with Crippen molar-refractivity contribution in [2.24, 2.45) is 11.7 Å². The summed E-state index contributed by atoms with van der Waals surface area (Å²) in [6, 6.07) is 5.59. The first kappa shape index (κ1) is 13.6. The third-order valence-electron chi connectivity index (χ3n) is 2.68. The lowest BCUT2D eigenvalue weighted by molar-refractivity contribution is -0.116. The standard InChI is InChI=1S/C13H21N3O/c1-10(8-9-14)6-7-13(17)16-12-5-3-4-11(2)15-12/h3-5,10H,6-9,14H2,1-2H3,(H,15,16,17). The number of nitrogens with two attached hydrogens (primary N) is 1. The Bertz CT molecular complexity index is 365. The van der Waals surface area contributed by atoms with E-state index in [0.717, 1.165) is 18.5 Å². The number of carbonyl (C=O) groups is 1. The maximum atomic E-state index is 11.7. The van der Waals surface area contributed by atoms with Crippen LogP contribution in [0.1, 0.15) is 31.9 Å². The van der Waals surface area contributed by atoms with Crippen LogP contribution in [0.2, 0.25) is 0 Å². The number of carbonyl (C=O) groups excluding carboxylic acids is 1. The summed E-state index contributed by atoms with van der Waals surface area (Å²) >= 11 is 0. The van der Waals surface area contributed by atoms with E-state index in [9.17, 15) is 4.79 Å². The van der Waals surface area contributed by atoms with Gasteiger partial charge >= 0.3 is 0 Å². The van der Waals surface area contributed by atoms with Crippen LogP contribution >= 0.6 is 0 Å². The Kier molecular flexibility index (Phi) is 5.63. The molecule has 1 rings (SSSR count). The molecule has 4 heteroatoms. The average molecular weight is 235 g/mol. The molecule has 17 heavy (non-hydrogen) atoms. The molecule has 0 aliphatic carbocycles. The minimum absolute atomic E-state index is 0.0203. The summed E-state index contributed by atoms with van der Waals surface area (Å²) in [7, 11) is 0. The lowest BCUT2D eigenvalue weighted by Crippen LogP contribution is -2.14. The van der Waals surface area contributed by atoms with E-state index in [1.807, 2.05) is 19.1 Å². The first-order valence-electron chi connectivity index (χ1n) is 6.05. The predicted octanol–water partition coefficient (Wildman–Crippen LogP) is 2.09. The highest BCUT2D eigenvalue weighted by Gasteiger charge is 2.07. The topological polar surface area (TPSA) is 68.0 Å². The minimum Gasteiger partial charge on any atom is -0.330 e. The summed E-state index contributed by atoms with van der Waals surface area (Å²) in [6.45, 7) is 4.70. The maximum Gasteiger partial charge on any atom is 0.225 e. The van der Waals surface area contributed by atoms with Gasteiger partial charge in [-0.15, -0.1) is 0 Å². The number of pyridine rings is 1. The van der Waals surface area contributed by atoms with Crippen molar-refractivity contribution < 1.29 is 4.79 Å². The Morgan fingerprint density at radius 3 is 2.88 bits per heavy atom. The van der Waals surface area contributed by atoms with Crippen molar-refractivity contribution in [2.45, 2.75) is 33.1 Å². The second kappa shape index (κ2) is 7.01. The number of aryl methyl sites for hydroxylation is 1. The van der Waals surface area contributed by atoms with Gasteiger partial charge in [0.1, 0.15) is 5.82 Å². The number of hydrogen-bond acceptors (Lipinski definition) is 3. The van der Waals surface area contributed by atoms with Gasteiger partial charge in [-0.2, -0.15) is 0 Å². The average Bonchev–Trinajstić information content (AvgIpc) is 2.27. The number of hydrogen-bond donors (Lipinski definition) is 2. The van der Waals surface area contributed by atoms with E-state index in [0.29, 0.717) is 24.7 Å². The van der Waals surface area contributed by atoms with Gasteiger partial charge in [0.25, 0.3) is 0 Å². The molecule has 1 amide bonds. The lowest BCUT2D eigenvalue weighted by Gasteiger charge is -2.09. The van der Waals surface area contributed by atoms with E-state index in [-0.39, 0.29) is 5.91 Å². The van der Waals surface area contributed by atoms with Gasteiger partial charge in [-0.1, -0.05) is 13.0 Å². The molecule has 0 aromatic carbocycles. The van der Waals surface area contributed by atoms with Crippen molar-refractivity contribution >= 4 is 11.7 Å². The molecule has 1 atom stereocenters. The summed E-state index contributed by atoms with van der Waals surface area (Å²) < 4.78 is 0. The van der Waals surface area contributed by atoms with Crippen LogP contribution in [0.25, 0.3) is 0 Å². The van der Waals surface area contributed by atoms with Crippen molar-refractivity contribution in [1.29, 1.82) is 0 Å². The van der Waals surface area contributed by atoms with Gasteiger partial charge in [0.2, 0.25) is 5.91 Å². The van der Waals surface area contributed by atoms with Crippen LogP contribution in [-0.4, -0.2) is 17.4 Å². The molecule has 0 fully saturated rings. The molecule has 0 radical (unpaired) electrons. The fourth-order valence-electron chi connectivity index (χ4n) is 1.62. The smallest absolute Gasteiger partial charge is 0.225 e. The second-order valence-corrected chi connectivity index (χ2v) is 4.43. The van der Waals surface area contributed by atoms with E-state index in [1.54, 1.807) is 6.07 Å². The zero-order valence-electron chi connectivity index (χ0n) is 10.6. The first-order chi connectivity index (χ1) is 8.11. The van der Waals surface area contributed by atoms with E-state index < -0.39 is 0 Å². The highest BCUT2D eigenvalue weighted by Crippen LogP contribution is 2.10. The van der Waals surface area contributed by atoms with Crippen molar-refractivity contribution in [2.75, 3.05) is 11.9 Å². The molecule has 0 spiro atoms. The van der Waals surface area contributed by atoms with Crippen LogP contribution in [0.3, 0.4) is 0 Å². The van der Waals surface area contributed by atoms with Crippen LogP contribution in [0.4, 0.5) is 5.82 Å². The van der Waals surface area contributed by atoms with Crippen LogP contribution in [0.5, 0.6) is 0 Å². The Hall–Kier alpha value is -1.42. The second-order valence-electron chi connectivity index (χ2n) is 4.43. The molecule has 1 heterocycles. The largest absolute Gasteiger partial charge is 0.330 e. The SMILES string of the molecule is Cc1cccc(NC(=O)CCC(C)CCN)n1. The number of nitrogens with zero attached hydrogens (tertiary/aromatic N) is 1. The molecule has 94 valence electrons. The van der Waals surface area contributed by atoms with Gasteiger partial charge in [0, 0.05) is 12.1 Å². The van der Waals surface area contributed by atoms with E-state index in [1.165, 1.54) is 0 Å². The molecular weight excluding hydrogens is 214 g/mol. The van der Waals surface area contributed by atoms with Gasteiger partial charge < -0.3 is 11.1 Å². The predicted molar refractivity (Wildman–Crippen MR) is 69.7 cm³/mol. The minimum atomic E-state index is 0.0203. The molecule has 4 nitrogen and oxygen atoms in total. The number of rotatable bonds is 6. The van der Waals surface area contributed by atoms with Crippen molar-refractivity contribution in [1.82, 2.24) is 4.98 Å². The Balaban J connectivity index is 2.34. The number of amides is 1. The highest BCUT2D eigenvalue weighted by atomic mass is 16.1. The molecule has 0 aliphatic heterocycles. The van der Waals surface area contributed by atoms with Crippen molar-refractivity contribution in [3.63, 3.8) is 0 Å². The van der Waals surface area contributed by atoms with Crippen LogP contribution in [0, 0.1) is 12.8 Å². The van der Waals surface area contributed by atoms with Crippen LogP contribution < -0.4 is 11.1 Å². The molecule has 0 aliphatic rings. The molecule has 1 aromatic heterocycles. The fourth-order valence-corrected chi connectivity index (χ4v) is 1.62. The van der Waals surface area contributed by atoms with Crippen molar-refractivity contribution in [3.05, 3.63) is 23.9 Å². The van der Waals surface area contributed by atoms with E-state index >= 15 is 0 Å². The zero-order valence-corrected chi connectivity index (χ0v) is 10.6. The number of aromatic nitrogens is 1. The quantitative estimate of drug-likeness (QED) is 0.793. The molecule has 0 bridgehead atoms. The summed E-state index contributed by atoms with van der Waals surface area (Å²) in [6.07, 6.45) is 2.36. The van der Waals surface area contributed by atoms with Gasteiger partial charge in [-0.3, -0.25) is 4.79 Å². The first-order valence-corrected chi connectivity index (χ1v) is 6.05. The summed E-state index contributed by atoms with van der Waals surface area (Å²) in [5.41, 5.74) is 6.37. The van der Waals surface area contributed by atoms with Crippen molar-refractivity contribution in [3.8, 4) is 0 Å². The molecular formula is C13H21N3O. The Morgan fingerprint density at radius 2 is 2.24 bits per heavy atom. The summed E-state index contributed by atoms with van der Waals surface area (Å²) in [4.78, 5) is 15.9. The molecule has 1 aromatic rings. The normalized spacial score (nSPS) is 12.2. The molecule has 1 unspecified atom stereocenters. The van der Waals surface area contributed by atoms with Gasteiger partial charge in [0.15, 0.2) is 0 Å². The lowest BCUT2D eigenvalue weighted by atomic mass is 10.0. The summed E-state index contributed by atoms with van der Waals surface area (Å²) in [5.74, 6) is 1.14. The molecule has 3 N–H and O–H groups in total. The van der Waals surface area contributed by atoms with Gasteiger partial charge in [-0.25, -0.2) is 4.98 Å². The fraction of sp³-hybridized carbons (Fsp3) is 0.538. The zero-order chi connectivity index (χ0) is 12.7. The van der Waals surface area contributed by atoms with Crippen LogP contribution in [-0.2, 0) is 4.79 Å². The Morgan fingerprint density at radius 1 is 1.47 bits per heavy atom. The molecule has 0 saturated carbocycles. The van der Waals surface area contributed by atoms with Crippen LogP contribution in [0.15, 0.2) is 18.2 Å². The van der Waals surface area contributed by atoms with E-state index in [2.05, 4.69) is 17.2 Å². The monoisotopic (exact) mass is 235 g/mol. The number of nitrogens with one attached hydrogen (secondary N) is 1. The van der Waals surface area contributed by atoms with Gasteiger partial charge in [-0.05, 0) is 44.4 Å². The Labute approximate surface area is 103 Å². The van der Waals surface area contributed by atoms with Gasteiger partial charge in [0.05, 0.1) is 0 Å². The third kappa shape index (κ3) is 5.45. The highest BCUT2D eigenvalue weighted by molar-refractivity contribution is 5.89. The van der Waals surface area contributed by atoms with E-state index in [4.69, 9.17) is 5.73 Å². The molecule has 0 saturated heterocycles.